The van der Waals surface area contributed by atoms with Crippen LogP contribution in [0.3, 0.4) is 0 Å². The van der Waals surface area contributed by atoms with Crippen LogP contribution in [0.5, 0.6) is 0 Å². The van der Waals surface area contributed by atoms with Gasteiger partial charge in [0.2, 0.25) is 22.2 Å². The predicted molar refractivity (Wildman–Crippen MR) is 164 cm³/mol. The second-order valence-electron chi connectivity index (χ2n) is 14.1. The molecular formula is C31H56MoN7-. The van der Waals surface area contributed by atoms with Crippen molar-refractivity contribution in [1.82, 2.24) is 10.6 Å². The fourth-order valence-corrected chi connectivity index (χ4v) is 0.438. The van der Waals surface area contributed by atoms with E-state index >= 15 is 0 Å². The molecule has 39 heavy (non-hydrogen) atoms. The molecule has 0 aliphatic rings. The molecule has 0 aliphatic heterocycles. The van der Waals surface area contributed by atoms with E-state index in [0.29, 0.717) is 0 Å². The van der Waals surface area contributed by atoms with E-state index in [9.17, 15) is 0 Å². The number of nitrogens with one attached hydrogen (secondary N) is 2. The van der Waals surface area contributed by atoms with Gasteiger partial charge in [-0.25, -0.2) is 26.3 Å². The van der Waals surface area contributed by atoms with Gasteiger partial charge in [-0.3, -0.25) is 0 Å². The van der Waals surface area contributed by atoms with Crippen LogP contribution in [0.4, 0.5) is 0 Å². The molecule has 8 heteroatoms. The van der Waals surface area contributed by atoms with Gasteiger partial charge in [-0.2, -0.15) is 0 Å². The van der Waals surface area contributed by atoms with E-state index in [4.69, 9.17) is 38.1 Å². The molecule has 0 radical (unpaired) electrons. The van der Waals surface area contributed by atoms with Crippen LogP contribution in [-0.2, 0) is 21.1 Å². The zero-order chi connectivity index (χ0) is 32.7. The van der Waals surface area contributed by atoms with E-state index < -0.39 is 0 Å². The summed E-state index contributed by atoms with van der Waals surface area (Å²) in [5.74, 6) is 0. The summed E-state index contributed by atoms with van der Waals surface area (Å²) in [5.41, 5.74) is -0.543. The van der Waals surface area contributed by atoms with Gasteiger partial charge in [-0.05, 0) is 41.5 Å². The van der Waals surface area contributed by atoms with Gasteiger partial charge in [0.05, 0.1) is 0 Å². The van der Waals surface area contributed by atoms with Gasteiger partial charge in [-0.1, -0.05) is 0 Å². The van der Waals surface area contributed by atoms with Gasteiger partial charge >= 0.3 is 0 Å². The Morgan fingerprint density at radius 2 is 0.513 bits per heavy atom. The average molecular weight is 623 g/mol. The van der Waals surface area contributed by atoms with Gasteiger partial charge in [0.1, 0.15) is 0 Å². The second kappa shape index (κ2) is 24.3. The van der Waals surface area contributed by atoms with Crippen molar-refractivity contribution in [2.45, 2.75) is 158 Å². The maximum absolute atomic E-state index is 6.48. The maximum Gasteiger partial charge on any atom is 0.224 e. The standard InChI is InChI=1S/C10H20N2.4C5H9N.CN.Mo/c1-9(2,3)11-7-8-12-10(4,5)6;4*1-5(2,3)6-4;1-2;/h11-12H,1-6H3;4*1-3H3;;/q;;;;;-1;. The Morgan fingerprint density at radius 1 is 0.410 bits per heavy atom. The molecule has 0 aromatic carbocycles. The van der Waals surface area contributed by atoms with E-state index in [0.717, 1.165) is 0 Å². The van der Waals surface area contributed by atoms with E-state index in [2.05, 4.69) is 83.6 Å². The molecule has 0 bridgehead atoms. The Bertz CT molecular complexity index is 722. The molecule has 7 nitrogen and oxygen atoms in total. The molecule has 0 fully saturated rings. The van der Waals surface area contributed by atoms with Gasteiger partial charge in [0.25, 0.3) is 0 Å². The first-order chi connectivity index (χ1) is 16.4. The number of hydrogen-bond donors (Lipinski definition) is 2. The molecule has 0 heterocycles. The van der Waals surface area contributed by atoms with Gasteiger partial charge < -0.3 is 41.8 Å². The van der Waals surface area contributed by atoms with Crippen molar-refractivity contribution in [3.05, 3.63) is 52.2 Å². The van der Waals surface area contributed by atoms with E-state index in [1.807, 2.05) is 83.1 Å². The molecule has 0 atom stereocenters. The number of hydrogen-bond acceptors (Lipinski definition) is 3. The summed E-state index contributed by atoms with van der Waals surface area (Å²) >= 11 is 0. The first-order valence-corrected chi connectivity index (χ1v) is 12.3. The SMILES string of the molecule is CC(C)(C)NC#CNC(C)(C)C.[C-]#N.[C-]#[N+]C(C)(C)C.[C-]#[N+]C(C)(C)C.[C-]#[N+]C(C)(C)C.[C-]#[N+]C(C)(C)C.[Mo]. The molecule has 2 N–H and O–H groups in total. The van der Waals surface area contributed by atoms with Crippen LogP contribution >= 0.6 is 0 Å². The summed E-state index contributed by atoms with van der Waals surface area (Å²) in [6.45, 7) is 65.8. The minimum atomic E-state index is -0.167. The van der Waals surface area contributed by atoms with Crippen molar-refractivity contribution in [2.24, 2.45) is 0 Å². The molecule has 0 spiro atoms. The first kappa shape index (κ1) is 52.7. The van der Waals surface area contributed by atoms with Crippen LogP contribution in [0, 0.1) is 50.2 Å². The summed E-state index contributed by atoms with van der Waals surface area (Å²) in [7, 11) is 0. The Balaban J connectivity index is -0.0000000666. The van der Waals surface area contributed by atoms with Crippen LogP contribution in [0.15, 0.2) is 0 Å². The predicted octanol–water partition coefficient (Wildman–Crippen LogP) is 8.59. The van der Waals surface area contributed by atoms with Crippen LogP contribution in [-0.4, -0.2) is 33.2 Å². The van der Waals surface area contributed by atoms with Crippen molar-refractivity contribution in [3.8, 4) is 12.1 Å². The zero-order valence-corrected chi connectivity index (χ0v) is 30.2. The van der Waals surface area contributed by atoms with Crippen LogP contribution < -0.4 is 10.6 Å². The third kappa shape index (κ3) is 117. The van der Waals surface area contributed by atoms with Crippen molar-refractivity contribution >= 4 is 0 Å². The minimum Gasteiger partial charge on any atom is -0.512 e. The van der Waals surface area contributed by atoms with Crippen LogP contribution in [0.25, 0.3) is 19.4 Å². The normalized spacial score (nSPS) is 9.95. The Hall–Kier alpha value is -2.70. The van der Waals surface area contributed by atoms with Crippen molar-refractivity contribution in [2.75, 3.05) is 0 Å². The summed E-state index contributed by atoms with van der Waals surface area (Å²) in [6, 6.07) is 5.74. The van der Waals surface area contributed by atoms with Crippen molar-refractivity contribution < 1.29 is 21.1 Å². The summed E-state index contributed by atoms with van der Waals surface area (Å²) in [6.07, 6.45) is 0. The van der Waals surface area contributed by atoms with Crippen LogP contribution in [0.1, 0.15) is 125 Å². The van der Waals surface area contributed by atoms with Crippen molar-refractivity contribution in [3.63, 3.8) is 0 Å². The van der Waals surface area contributed by atoms with Gasteiger partial charge in [0, 0.05) is 127 Å². The Morgan fingerprint density at radius 3 is 0.564 bits per heavy atom. The van der Waals surface area contributed by atoms with Gasteiger partial charge in [-0.15, -0.1) is 0 Å². The topological polar surface area (TPSA) is 65.3 Å². The minimum absolute atomic E-state index is 0. The molecule has 0 unspecified atom stereocenters. The molecule has 222 valence electrons. The molecule has 0 saturated carbocycles. The third-order valence-electron chi connectivity index (χ3n) is 2.28. The third-order valence-corrected chi connectivity index (χ3v) is 2.28. The van der Waals surface area contributed by atoms with Crippen LogP contribution in [0.2, 0.25) is 0 Å². The average Bonchev–Trinajstić information content (AvgIpc) is 2.71. The molecule has 0 aromatic rings. The Labute approximate surface area is 258 Å². The number of rotatable bonds is 0. The van der Waals surface area contributed by atoms with E-state index in [1.165, 1.54) is 0 Å². The molecule has 0 rings (SSSR count). The van der Waals surface area contributed by atoms with Gasteiger partial charge in [0.15, 0.2) is 0 Å². The Kier molecular flexibility index (Phi) is 32.9. The summed E-state index contributed by atoms with van der Waals surface area (Å²) < 4.78 is 0. The molecule has 0 amide bonds. The number of nitrogens with zero attached hydrogens (tertiary/aromatic N) is 5. The largest absolute Gasteiger partial charge is 0.512 e. The van der Waals surface area contributed by atoms with E-state index in [-0.39, 0.29) is 54.3 Å². The second-order valence-corrected chi connectivity index (χ2v) is 14.1. The fraction of sp³-hybridized carbons (Fsp3) is 0.774. The fourth-order valence-electron chi connectivity index (χ4n) is 0.438. The van der Waals surface area contributed by atoms with E-state index in [1.54, 1.807) is 0 Å². The molecule has 0 aliphatic carbocycles. The monoisotopic (exact) mass is 624 g/mol. The smallest absolute Gasteiger partial charge is 0.224 e. The summed E-state index contributed by atoms with van der Waals surface area (Å²) in [4.78, 5) is 13.1. The molecule has 0 aromatic heterocycles. The molecular weight excluding hydrogens is 566 g/mol. The molecule has 0 saturated heterocycles. The summed E-state index contributed by atoms with van der Waals surface area (Å²) in [5, 5.41) is 12.4. The maximum atomic E-state index is 6.48. The quantitative estimate of drug-likeness (QED) is 0.123. The zero-order valence-electron chi connectivity index (χ0n) is 28.1. The first-order valence-electron chi connectivity index (χ1n) is 12.3. The van der Waals surface area contributed by atoms with Crippen molar-refractivity contribution in [1.29, 1.82) is 5.26 Å².